The molecular formula is C24H42O7. The van der Waals surface area contributed by atoms with Crippen LogP contribution in [0.25, 0.3) is 0 Å². The lowest BCUT2D eigenvalue weighted by atomic mass is 9.99. The molecule has 0 aliphatic carbocycles. The molecule has 0 saturated carbocycles. The highest BCUT2D eigenvalue weighted by Crippen LogP contribution is 2.44. The van der Waals surface area contributed by atoms with E-state index >= 15 is 0 Å². The van der Waals surface area contributed by atoms with Crippen LogP contribution in [0.4, 0.5) is 0 Å². The lowest BCUT2D eigenvalue weighted by Crippen LogP contribution is -2.56. The summed E-state index contributed by atoms with van der Waals surface area (Å²) in [5.74, 6) is -1.69. The quantitative estimate of drug-likeness (QED) is 0.316. The fourth-order valence-electron chi connectivity index (χ4n) is 4.65. The topological polar surface area (TPSA) is 72.5 Å². The maximum atomic E-state index is 12.2. The van der Waals surface area contributed by atoms with E-state index in [1.807, 2.05) is 27.7 Å². The summed E-state index contributed by atoms with van der Waals surface area (Å²) in [4.78, 5) is 12.2. The zero-order valence-electron chi connectivity index (χ0n) is 20.0. The second-order valence-electron chi connectivity index (χ2n) is 9.97. The van der Waals surface area contributed by atoms with Gasteiger partial charge in [0.15, 0.2) is 17.9 Å². The predicted molar refractivity (Wildman–Crippen MR) is 115 cm³/mol. The predicted octanol–water partition coefficient (Wildman–Crippen LogP) is 4.85. The van der Waals surface area contributed by atoms with E-state index in [-0.39, 0.29) is 30.9 Å². The third kappa shape index (κ3) is 7.13. The van der Waals surface area contributed by atoms with E-state index in [1.54, 1.807) is 0 Å². The van der Waals surface area contributed by atoms with Gasteiger partial charge in [0, 0.05) is 6.42 Å². The van der Waals surface area contributed by atoms with Gasteiger partial charge in [-0.2, -0.15) is 0 Å². The first-order chi connectivity index (χ1) is 14.7. The molecule has 0 aromatic rings. The Balaban J connectivity index is 1.37. The molecule has 5 atom stereocenters. The van der Waals surface area contributed by atoms with Crippen LogP contribution in [0.2, 0.25) is 0 Å². The van der Waals surface area contributed by atoms with Crippen LogP contribution in [-0.4, -0.2) is 54.9 Å². The maximum absolute atomic E-state index is 12.2. The number of ether oxygens (including phenoxy) is 6. The van der Waals surface area contributed by atoms with Crippen LogP contribution < -0.4 is 0 Å². The van der Waals surface area contributed by atoms with Crippen LogP contribution in [0.5, 0.6) is 0 Å². The van der Waals surface area contributed by atoms with Crippen molar-refractivity contribution in [3.05, 3.63) is 0 Å². The highest BCUT2D eigenvalue weighted by molar-refractivity contribution is 5.69. The van der Waals surface area contributed by atoms with E-state index in [0.717, 1.165) is 12.8 Å². The van der Waals surface area contributed by atoms with Gasteiger partial charge in [-0.25, -0.2) is 0 Å². The van der Waals surface area contributed by atoms with Crippen molar-refractivity contribution in [2.24, 2.45) is 0 Å². The highest BCUT2D eigenvalue weighted by Gasteiger charge is 2.60. The minimum atomic E-state index is -0.752. The average molecular weight is 443 g/mol. The van der Waals surface area contributed by atoms with Crippen molar-refractivity contribution in [3.63, 3.8) is 0 Å². The Bertz CT molecular complexity index is 576. The van der Waals surface area contributed by atoms with Crippen LogP contribution in [-0.2, 0) is 33.2 Å². The number of unbranched alkanes of at least 4 members (excludes halogenated alkanes) is 8. The normalized spacial score (nSPS) is 33.1. The Hall–Kier alpha value is -0.730. The summed E-state index contributed by atoms with van der Waals surface area (Å²) in [6.45, 7) is 9.81. The number of hydrogen-bond donors (Lipinski definition) is 0. The first kappa shape index (κ1) is 24.9. The lowest BCUT2D eigenvalue weighted by molar-refractivity contribution is -0.242. The SMILES string of the molecule is CCCCCCCCCCCC(=O)OC[C@@H]1O[C@@H]2OC(C)(C)O[C@@H]2[C@@H]2OC(C)(C)O[C@@H]21. The number of hydrogen-bond acceptors (Lipinski definition) is 7. The van der Waals surface area contributed by atoms with Gasteiger partial charge in [-0.15, -0.1) is 0 Å². The van der Waals surface area contributed by atoms with Crippen LogP contribution in [0.3, 0.4) is 0 Å². The smallest absolute Gasteiger partial charge is 0.305 e. The number of carbonyl (C=O) groups is 1. The van der Waals surface area contributed by atoms with Gasteiger partial charge in [-0.05, 0) is 34.1 Å². The molecule has 0 aromatic carbocycles. The van der Waals surface area contributed by atoms with Gasteiger partial charge < -0.3 is 28.4 Å². The molecule has 0 bridgehead atoms. The number of carbonyl (C=O) groups excluding carboxylic acids is 1. The van der Waals surface area contributed by atoms with Gasteiger partial charge in [0.25, 0.3) is 0 Å². The third-order valence-corrected chi connectivity index (χ3v) is 6.14. The first-order valence-corrected chi connectivity index (χ1v) is 12.2. The van der Waals surface area contributed by atoms with Crippen molar-refractivity contribution in [2.45, 2.75) is 141 Å². The van der Waals surface area contributed by atoms with E-state index in [2.05, 4.69) is 6.92 Å². The number of fused-ring (bicyclic) bond motifs is 3. The molecule has 0 unspecified atom stereocenters. The zero-order chi connectivity index (χ0) is 22.5. The fourth-order valence-corrected chi connectivity index (χ4v) is 4.65. The second kappa shape index (κ2) is 10.9. The Morgan fingerprint density at radius 2 is 1.29 bits per heavy atom. The molecule has 3 heterocycles. The first-order valence-electron chi connectivity index (χ1n) is 12.2. The minimum Gasteiger partial charge on any atom is -0.463 e. The largest absolute Gasteiger partial charge is 0.463 e. The van der Waals surface area contributed by atoms with Gasteiger partial charge in [-0.3, -0.25) is 4.79 Å². The molecule has 0 N–H and O–H groups in total. The van der Waals surface area contributed by atoms with Gasteiger partial charge in [-0.1, -0.05) is 58.3 Å². The summed E-state index contributed by atoms with van der Waals surface area (Å²) in [6.07, 6.45) is 9.36. The molecule has 0 radical (unpaired) electrons. The van der Waals surface area contributed by atoms with Gasteiger partial charge in [0.2, 0.25) is 0 Å². The van der Waals surface area contributed by atoms with E-state index < -0.39 is 24.0 Å². The molecule has 7 nitrogen and oxygen atoms in total. The van der Waals surface area contributed by atoms with E-state index in [1.165, 1.54) is 44.9 Å². The van der Waals surface area contributed by atoms with Gasteiger partial charge in [0.05, 0.1) is 0 Å². The molecular weight excluding hydrogens is 400 g/mol. The molecule has 0 aromatic heterocycles. The molecule has 3 saturated heterocycles. The summed E-state index contributed by atoms with van der Waals surface area (Å²) in [7, 11) is 0. The molecule has 3 fully saturated rings. The summed E-state index contributed by atoms with van der Waals surface area (Å²) in [5, 5.41) is 0. The van der Waals surface area contributed by atoms with Crippen molar-refractivity contribution >= 4 is 5.97 Å². The Morgan fingerprint density at radius 1 is 0.742 bits per heavy atom. The Kier molecular flexibility index (Phi) is 8.78. The third-order valence-electron chi connectivity index (χ3n) is 6.14. The van der Waals surface area contributed by atoms with Crippen molar-refractivity contribution in [2.75, 3.05) is 6.61 Å². The van der Waals surface area contributed by atoms with Crippen LogP contribution >= 0.6 is 0 Å². The summed E-state index contributed by atoms with van der Waals surface area (Å²) >= 11 is 0. The minimum absolute atomic E-state index is 0.129. The van der Waals surface area contributed by atoms with Crippen molar-refractivity contribution in [1.29, 1.82) is 0 Å². The Morgan fingerprint density at radius 3 is 1.97 bits per heavy atom. The monoisotopic (exact) mass is 442 g/mol. The lowest BCUT2D eigenvalue weighted by Gasteiger charge is -2.36. The van der Waals surface area contributed by atoms with Gasteiger partial charge >= 0.3 is 5.97 Å². The van der Waals surface area contributed by atoms with Crippen LogP contribution in [0.1, 0.15) is 98.8 Å². The average Bonchev–Trinajstić information content (AvgIpc) is 3.18. The fraction of sp³-hybridized carbons (Fsp3) is 0.958. The van der Waals surface area contributed by atoms with Crippen LogP contribution in [0.15, 0.2) is 0 Å². The standard InChI is InChI=1S/C24H42O7/c1-6-7-8-9-10-11-12-13-14-15-18(25)26-16-17-19-20(29-23(2,3)28-19)21-22(27-17)31-24(4,5)30-21/h17,19-22H,6-16H2,1-5H3/t17-,19+,20+,21+,22+/m0/s1. The number of esters is 1. The number of rotatable bonds is 12. The van der Waals surface area contributed by atoms with E-state index in [0.29, 0.717) is 6.42 Å². The molecule has 31 heavy (non-hydrogen) atoms. The molecule has 0 spiro atoms. The molecule has 0 amide bonds. The van der Waals surface area contributed by atoms with Crippen molar-refractivity contribution in [3.8, 4) is 0 Å². The van der Waals surface area contributed by atoms with Gasteiger partial charge in [0.1, 0.15) is 31.0 Å². The van der Waals surface area contributed by atoms with Crippen molar-refractivity contribution in [1.82, 2.24) is 0 Å². The molecule has 3 aliphatic heterocycles. The second-order valence-corrected chi connectivity index (χ2v) is 9.97. The molecule has 7 heteroatoms. The van der Waals surface area contributed by atoms with E-state index in [4.69, 9.17) is 28.4 Å². The summed E-state index contributed by atoms with van der Waals surface area (Å²) in [6, 6.07) is 0. The van der Waals surface area contributed by atoms with Crippen molar-refractivity contribution < 1.29 is 33.2 Å². The highest BCUT2D eigenvalue weighted by atomic mass is 16.9. The summed E-state index contributed by atoms with van der Waals surface area (Å²) < 4.78 is 35.6. The maximum Gasteiger partial charge on any atom is 0.305 e. The Labute approximate surface area is 187 Å². The molecule has 3 aliphatic rings. The zero-order valence-corrected chi connectivity index (χ0v) is 20.0. The van der Waals surface area contributed by atoms with Crippen LogP contribution in [0, 0.1) is 0 Å². The van der Waals surface area contributed by atoms with E-state index in [9.17, 15) is 4.79 Å². The molecule has 180 valence electrons. The summed E-state index contributed by atoms with van der Waals surface area (Å²) in [5.41, 5.74) is 0. The molecule has 3 rings (SSSR count).